The molecular weight excluding hydrogens is 274 g/mol. The van der Waals surface area contributed by atoms with Gasteiger partial charge in [-0.2, -0.15) is 5.10 Å². The van der Waals surface area contributed by atoms with Crippen LogP contribution in [0.3, 0.4) is 0 Å². The van der Waals surface area contributed by atoms with Crippen LogP contribution in [0.25, 0.3) is 16.6 Å². The molecular formula is C18H23N3O. The Balaban J connectivity index is 1.72. The summed E-state index contributed by atoms with van der Waals surface area (Å²) >= 11 is 0. The van der Waals surface area contributed by atoms with Gasteiger partial charge in [-0.3, -0.25) is 15.0 Å². The Morgan fingerprint density at radius 2 is 2.09 bits per heavy atom. The zero-order valence-electron chi connectivity index (χ0n) is 13.4. The molecule has 116 valence electrons. The number of rotatable bonds is 2. The molecule has 1 spiro atoms. The summed E-state index contributed by atoms with van der Waals surface area (Å²) in [6.07, 6.45) is 9.34. The molecule has 4 heteroatoms. The van der Waals surface area contributed by atoms with Crippen molar-refractivity contribution in [3.63, 3.8) is 0 Å². The minimum atomic E-state index is -0.0798. The number of benzene rings is 1. The van der Waals surface area contributed by atoms with E-state index in [1.807, 2.05) is 11.7 Å². The SMILES string of the molecule is CCc1nn(C)c2cc(C3=CC4(CCCCC4)ON3)ccc12. The quantitative estimate of drug-likeness (QED) is 0.918. The largest absolute Gasteiger partial charge is 0.268 e. The molecule has 1 aromatic heterocycles. The predicted octanol–water partition coefficient (Wildman–Crippen LogP) is 3.71. The van der Waals surface area contributed by atoms with Gasteiger partial charge < -0.3 is 0 Å². The fourth-order valence-corrected chi connectivity index (χ4v) is 3.78. The molecule has 2 heterocycles. The van der Waals surface area contributed by atoms with Crippen LogP contribution in [0.15, 0.2) is 24.3 Å². The number of fused-ring (bicyclic) bond motifs is 1. The Labute approximate surface area is 131 Å². The van der Waals surface area contributed by atoms with Gasteiger partial charge in [0.05, 0.1) is 16.9 Å². The van der Waals surface area contributed by atoms with Gasteiger partial charge in [0.1, 0.15) is 5.60 Å². The van der Waals surface area contributed by atoms with E-state index in [0.717, 1.165) is 30.7 Å². The van der Waals surface area contributed by atoms with Crippen LogP contribution >= 0.6 is 0 Å². The van der Waals surface area contributed by atoms with Crippen molar-refractivity contribution in [2.75, 3.05) is 0 Å². The third-order valence-corrected chi connectivity index (χ3v) is 5.05. The maximum atomic E-state index is 5.95. The molecule has 1 saturated carbocycles. The van der Waals surface area contributed by atoms with E-state index in [0.29, 0.717) is 0 Å². The van der Waals surface area contributed by atoms with E-state index in [2.05, 4.69) is 41.8 Å². The van der Waals surface area contributed by atoms with Gasteiger partial charge in [0.2, 0.25) is 0 Å². The maximum absolute atomic E-state index is 5.95. The molecule has 0 saturated heterocycles. The van der Waals surface area contributed by atoms with Crippen molar-refractivity contribution in [1.29, 1.82) is 0 Å². The summed E-state index contributed by atoms with van der Waals surface area (Å²) in [6, 6.07) is 6.57. The molecule has 4 rings (SSSR count). The van der Waals surface area contributed by atoms with Crippen LogP contribution < -0.4 is 5.48 Å². The Bertz CT molecular complexity index is 738. The molecule has 0 atom stereocenters. The van der Waals surface area contributed by atoms with Crippen molar-refractivity contribution in [2.45, 2.75) is 51.0 Å². The van der Waals surface area contributed by atoms with E-state index in [1.165, 1.54) is 35.7 Å². The second kappa shape index (κ2) is 5.13. The van der Waals surface area contributed by atoms with Gasteiger partial charge in [-0.1, -0.05) is 38.3 Å². The summed E-state index contributed by atoms with van der Waals surface area (Å²) < 4.78 is 1.98. The fraction of sp³-hybridized carbons (Fsp3) is 0.500. The minimum Gasteiger partial charge on any atom is -0.268 e. The number of aryl methyl sites for hydroxylation is 2. The third-order valence-electron chi connectivity index (χ3n) is 5.05. The van der Waals surface area contributed by atoms with Crippen molar-refractivity contribution in [3.8, 4) is 0 Å². The van der Waals surface area contributed by atoms with Gasteiger partial charge in [-0.15, -0.1) is 0 Å². The average Bonchev–Trinajstić information content (AvgIpc) is 3.10. The Morgan fingerprint density at radius 3 is 2.86 bits per heavy atom. The summed E-state index contributed by atoms with van der Waals surface area (Å²) in [5.74, 6) is 0. The van der Waals surface area contributed by atoms with Gasteiger partial charge in [0.25, 0.3) is 0 Å². The van der Waals surface area contributed by atoms with Crippen molar-refractivity contribution in [3.05, 3.63) is 35.5 Å². The van der Waals surface area contributed by atoms with Crippen LogP contribution in [0, 0.1) is 0 Å². The second-order valence-electron chi connectivity index (χ2n) is 6.54. The predicted molar refractivity (Wildman–Crippen MR) is 88.1 cm³/mol. The molecule has 0 radical (unpaired) electrons. The summed E-state index contributed by atoms with van der Waals surface area (Å²) in [7, 11) is 2.01. The van der Waals surface area contributed by atoms with Crippen LogP contribution in [-0.2, 0) is 18.3 Å². The van der Waals surface area contributed by atoms with E-state index >= 15 is 0 Å². The highest BCUT2D eigenvalue weighted by molar-refractivity contribution is 5.85. The first-order valence-corrected chi connectivity index (χ1v) is 8.34. The molecule has 1 N–H and O–H groups in total. The molecule has 0 amide bonds. The van der Waals surface area contributed by atoms with Gasteiger partial charge >= 0.3 is 0 Å². The highest BCUT2D eigenvalue weighted by Gasteiger charge is 2.36. The number of hydroxylamine groups is 1. The third kappa shape index (κ3) is 2.13. The zero-order valence-corrected chi connectivity index (χ0v) is 13.4. The number of nitrogens with zero attached hydrogens (tertiary/aromatic N) is 2. The van der Waals surface area contributed by atoms with Crippen LogP contribution in [0.1, 0.15) is 50.3 Å². The monoisotopic (exact) mass is 297 g/mol. The highest BCUT2D eigenvalue weighted by atomic mass is 16.7. The van der Waals surface area contributed by atoms with Gasteiger partial charge in [0.15, 0.2) is 0 Å². The highest BCUT2D eigenvalue weighted by Crippen LogP contribution is 2.38. The molecule has 1 aliphatic carbocycles. The molecule has 1 aromatic carbocycles. The van der Waals surface area contributed by atoms with Gasteiger partial charge in [-0.25, -0.2) is 0 Å². The molecule has 2 aliphatic rings. The van der Waals surface area contributed by atoms with Gasteiger partial charge in [-0.05, 0) is 31.4 Å². The topological polar surface area (TPSA) is 39.1 Å². The molecule has 4 nitrogen and oxygen atoms in total. The lowest BCUT2D eigenvalue weighted by atomic mass is 9.84. The van der Waals surface area contributed by atoms with Crippen LogP contribution in [-0.4, -0.2) is 15.4 Å². The Kier molecular flexibility index (Phi) is 3.22. The van der Waals surface area contributed by atoms with Crippen LogP contribution in [0.4, 0.5) is 0 Å². The van der Waals surface area contributed by atoms with Gasteiger partial charge in [0, 0.05) is 18.0 Å². The van der Waals surface area contributed by atoms with Crippen molar-refractivity contribution >= 4 is 16.6 Å². The molecule has 22 heavy (non-hydrogen) atoms. The lowest BCUT2D eigenvalue weighted by molar-refractivity contribution is -0.0557. The lowest BCUT2D eigenvalue weighted by Gasteiger charge is -2.29. The first kappa shape index (κ1) is 13.8. The number of hydrogen-bond donors (Lipinski definition) is 1. The lowest BCUT2D eigenvalue weighted by Crippen LogP contribution is -2.31. The number of aromatic nitrogens is 2. The molecule has 0 bridgehead atoms. The van der Waals surface area contributed by atoms with Crippen LogP contribution in [0.5, 0.6) is 0 Å². The Morgan fingerprint density at radius 1 is 1.27 bits per heavy atom. The van der Waals surface area contributed by atoms with E-state index in [1.54, 1.807) is 0 Å². The molecule has 1 fully saturated rings. The van der Waals surface area contributed by atoms with E-state index in [9.17, 15) is 0 Å². The summed E-state index contributed by atoms with van der Waals surface area (Å²) in [4.78, 5) is 5.95. The van der Waals surface area contributed by atoms with Crippen molar-refractivity contribution in [1.82, 2.24) is 15.3 Å². The van der Waals surface area contributed by atoms with E-state index in [4.69, 9.17) is 4.84 Å². The standard InChI is InChI=1S/C18H23N3O/c1-3-15-14-8-7-13(11-17(14)21(2)19-15)16-12-18(22-20-16)9-5-4-6-10-18/h7-8,11-12,20H,3-6,9-10H2,1-2H3. The Hall–Kier alpha value is -1.81. The normalized spacial score (nSPS) is 20.4. The van der Waals surface area contributed by atoms with Crippen LogP contribution in [0.2, 0.25) is 0 Å². The smallest absolute Gasteiger partial charge is 0.116 e. The first-order chi connectivity index (χ1) is 10.7. The number of nitrogens with one attached hydrogen (secondary N) is 1. The minimum absolute atomic E-state index is 0.0798. The molecule has 2 aromatic rings. The first-order valence-electron chi connectivity index (χ1n) is 8.34. The average molecular weight is 297 g/mol. The summed E-state index contributed by atoms with van der Waals surface area (Å²) in [6.45, 7) is 2.15. The summed E-state index contributed by atoms with van der Waals surface area (Å²) in [5, 5.41) is 5.86. The van der Waals surface area contributed by atoms with Crippen molar-refractivity contribution in [2.24, 2.45) is 7.05 Å². The number of hydrogen-bond acceptors (Lipinski definition) is 3. The zero-order chi connectivity index (χ0) is 15.2. The maximum Gasteiger partial charge on any atom is 0.116 e. The van der Waals surface area contributed by atoms with E-state index in [-0.39, 0.29) is 5.60 Å². The molecule has 0 unspecified atom stereocenters. The second-order valence-corrected chi connectivity index (χ2v) is 6.54. The van der Waals surface area contributed by atoms with E-state index < -0.39 is 0 Å². The fourth-order valence-electron chi connectivity index (χ4n) is 3.78. The van der Waals surface area contributed by atoms with Crippen molar-refractivity contribution < 1.29 is 4.84 Å². The summed E-state index contributed by atoms with van der Waals surface area (Å²) in [5.41, 5.74) is 7.72. The molecule has 1 aliphatic heterocycles.